The monoisotopic (exact) mass is 249 g/mol. The van der Waals surface area contributed by atoms with E-state index in [0.29, 0.717) is 17.7 Å². The van der Waals surface area contributed by atoms with Gasteiger partial charge in [0.1, 0.15) is 0 Å². The first-order valence-corrected chi connectivity index (χ1v) is 7.08. The van der Waals surface area contributed by atoms with Gasteiger partial charge in [-0.05, 0) is 25.2 Å². The normalized spacial score (nSPS) is 16.5. The molecule has 0 spiro atoms. The second-order valence-corrected chi connectivity index (χ2v) is 4.96. The smallest absolute Gasteiger partial charge is 0.225 e. The molecule has 1 aromatic rings. The first-order valence-electron chi connectivity index (χ1n) is 7.08. The zero-order valence-electron chi connectivity index (χ0n) is 11.2. The number of rotatable bonds is 6. The molecule has 0 bridgehead atoms. The van der Waals surface area contributed by atoms with Crippen molar-refractivity contribution >= 4 is 5.95 Å². The van der Waals surface area contributed by atoms with Crippen LogP contribution in [-0.2, 0) is 0 Å². The van der Waals surface area contributed by atoms with Crippen molar-refractivity contribution in [1.82, 2.24) is 9.97 Å². The minimum absolute atomic E-state index is 0.665. The molecule has 0 radical (unpaired) electrons. The largest absolute Gasteiger partial charge is 0.477 e. The van der Waals surface area contributed by atoms with E-state index >= 15 is 0 Å². The molecule has 4 nitrogen and oxygen atoms in total. The first-order chi connectivity index (χ1) is 8.88. The van der Waals surface area contributed by atoms with Gasteiger partial charge in [-0.25, -0.2) is 4.98 Å². The second kappa shape index (κ2) is 7.19. The lowest BCUT2D eigenvalue weighted by Gasteiger charge is -2.21. The van der Waals surface area contributed by atoms with Gasteiger partial charge in [-0.1, -0.05) is 26.2 Å². The van der Waals surface area contributed by atoms with Crippen LogP contribution in [0.3, 0.4) is 0 Å². The Kier molecular flexibility index (Phi) is 5.24. The summed E-state index contributed by atoms with van der Waals surface area (Å²) in [6, 6.07) is 1.83. The molecule has 0 atom stereocenters. The van der Waals surface area contributed by atoms with Crippen molar-refractivity contribution in [3.8, 4) is 5.88 Å². The molecule has 0 aliphatic heterocycles. The summed E-state index contributed by atoms with van der Waals surface area (Å²) in [6.07, 6.45) is 9.49. The van der Waals surface area contributed by atoms with Gasteiger partial charge in [0.2, 0.25) is 11.8 Å². The number of nitrogens with zero attached hydrogens (tertiary/aromatic N) is 2. The van der Waals surface area contributed by atoms with E-state index in [0.717, 1.165) is 19.6 Å². The molecule has 1 N–H and O–H groups in total. The zero-order valence-corrected chi connectivity index (χ0v) is 11.2. The van der Waals surface area contributed by atoms with E-state index in [1.54, 1.807) is 6.20 Å². The van der Waals surface area contributed by atoms with Crippen molar-refractivity contribution < 1.29 is 4.74 Å². The molecule has 0 saturated heterocycles. The molecule has 18 heavy (non-hydrogen) atoms. The van der Waals surface area contributed by atoms with E-state index in [1.807, 2.05) is 6.07 Å². The molecule has 0 amide bonds. The van der Waals surface area contributed by atoms with Crippen LogP contribution in [0.25, 0.3) is 0 Å². The highest BCUT2D eigenvalue weighted by Gasteiger charge is 2.14. The highest BCUT2D eigenvalue weighted by molar-refractivity contribution is 5.27. The summed E-state index contributed by atoms with van der Waals surface area (Å²) >= 11 is 0. The molecule has 1 aliphatic carbocycles. The zero-order chi connectivity index (χ0) is 12.6. The van der Waals surface area contributed by atoms with E-state index in [-0.39, 0.29) is 0 Å². The third-order valence-electron chi connectivity index (χ3n) is 3.35. The van der Waals surface area contributed by atoms with Crippen LogP contribution in [0.15, 0.2) is 12.3 Å². The molecule has 4 heteroatoms. The molecule has 1 saturated carbocycles. The maximum Gasteiger partial charge on any atom is 0.225 e. The van der Waals surface area contributed by atoms with Gasteiger partial charge in [-0.3, -0.25) is 0 Å². The minimum atomic E-state index is 0.665. The number of aromatic nitrogens is 2. The number of nitrogens with one attached hydrogen (secondary N) is 1. The van der Waals surface area contributed by atoms with Crippen molar-refractivity contribution in [3.63, 3.8) is 0 Å². The lowest BCUT2D eigenvalue weighted by Crippen LogP contribution is -2.16. The van der Waals surface area contributed by atoms with Gasteiger partial charge in [-0.2, -0.15) is 4.98 Å². The molecule has 0 unspecified atom stereocenters. The molecule has 2 rings (SSSR count). The van der Waals surface area contributed by atoms with Gasteiger partial charge in [0.05, 0.1) is 6.61 Å². The lowest BCUT2D eigenvalue weighted by molar-refractivity contribution is 0.203. The maximum atomic E-state index is 5.77. The summed E-state index contributed by atoms with van der Waals surface area (Å²) in [4.78, 5) is 8.52. The average Bonchev–Trinajstić information content (AvgIpc) is 2.44. The van der Waals surface area contributed by atoms with Gasteiger partial charge in [-0.15, -0.1) is 0 Å². The van der Waals surface area contributed by atoms with Gasteiger partial charge in [0, 0.05) is 18.8 Å². The molecule has 1 heterocycles. The van der Waals surface area contributed by atoms with Crippen molar-refractivity contribution in [2.45, 2.75) is 45.4 Å². The van der Waals surface area contributed by atoms with Gasteiger partial charge in [0.25, 0.3) is 0 Å². The Morgan fingerprint density at radius 1 is 1.33 bits per heavy atom. The van der Waals surface area contributed by atoms with E-state index in [2.05, 4.69) is 22.2 Å². The summed E-state index contributed by atoms with van der Waals surface area (Å²) in [6.45, 7) is 3.81. The molecular weight excluding hydrogens is 226 g/mol. The molecule has 1 aromatic heterocycles. The van der Waals surface area contributed by atoms with Gasteiger partial charge in [0.15, 0.2) is 0 Å². The number of anilines is 1. The SMILES string of the molecule is CCCNc1nccc(OCC2CCCCC2)n1. The summed E-state index contributed by atoms with van der Waals surface area (Å²) in [5, 5.41) is 3.17. The number of ether oxygens (including phenoxy) is 1. The van der Waals surface area contributed by atoms with Gasteiger partial charge < -0.3 is 10.1 Å². The summed E-state index contributed by atoms with van der Waals surface area (Å²) in [5.41, 5.74) is 0. The second-order valence-electron chi connectivity index (χ2n) is 4.96. The van der Waals surface area contributed by atoms with Crippen LogP contribution >= 0.6 is 0 Å². The molecule has 0 aromatic carbocycles. The van der Waals surface area contributed by atoms with Crippen LogP contribution in [0.5, 0.6) is 5.88 Å². The number of hydrogen-bond acceptors (Lipinski definition) is 4. The Morgan fingerprint density at radius 2 is 2.17 bits per heavy atom. The fourth-order valence-corrected chi connectivity index (χ4v) is 2.30. The molecule has 1 aliphatic rings. The molecule has 100 valence electrons. The minimum Gasteiger partial charge on any atom is -0.477 e. The highest BCUT2D eigenvalue weighted by Crippen LogP contribution is 2.24. The third kappa shape index (κ3) is 4.17. The average molecular weight is 249 g/mol. The predicted octanol–water partition coefficient (Wildman–Crippen LogP) is 3.26. The van der Waals surface area contributed by atoms with Gasteiger partial charge >= 0.3 is 0 Å². The standard InChI is InChI=1S/C14H23N3O/c1-2-9-15-14-16-10-8-13(17-14)18-11-12-6-4-3-5-7-12/h8,10,12H,2-7,9,11H2,1H3,(H,15,16,17). The summed E-state index contributed by atoms with van der Waals surface area (Å²) in [7, 11) is 0. The van der Waals surface area contributed by atoms with Crippen LogP contribution < -0.4 is 10.1 Å². The predicted molar refractivity (Wildman–Crippen MR) is 72.9 cm³/mol. The topological polar surface area (TPSA) is 47.0 Å². The Bertz CT molecular complexity index is 351. The van der Waals surface area contributed by atoms with Crippen LogP contribution in [0.4, 0.5) is 5.95 Å². The fourth-order valence-electron chi connectivity index (χ4n) is 2.30. The lowest BCUT2D eigenvalue weighted by atomic mass is 9.90. The number of hydrogen-bond donors (Lipinski definition) is 1. The van der Waals surface area contributed by atoms with E-state index in [4.69, 9.17) is 4.74 Å². The summed E-state index contributed by atoms with van der Waals surface area (Å²) < 4.78 is 5.77. The van der Waals surface area contributed by atoms with Crippen molar-refractivity contribution in [2.24, 2.45) is 5.92 Å². The van der Waals surface area contributed by atoms with E-state index in [1.165, 1.54) is 32.1 Å². The Balaban J connectivity index is 1.80. The third-order valence-corrected chi connectivity index (χ3v) is 3.35. The Hall–Kier alpha value is -1.32. The fraction of sp³-hybridized carbons (Fsp3) is 0.714. The highest BCUT2D eigenvalue weighted by atomic mass is 16.5. The van der Waals surface area contributed by atoms with E-state index < -0.39 is 0 Å². The van der Waals surface area contributed by atoms with Crippen LogP contribution in [0.1, 0.15) is 45.4 Å². The quantitative estimate of drug-likeness (QED) is 0.840. The van der Waals surface area contributed by atoms with Crippen LogP contribution in [0.2, 0.25) is 0 Å². The molecule has 1 fully saturated rings. The molecular formula is C14H23N3O. The summed E-state index contributed by atoms with van der Waals surface area (Å²) in [5.74, 6) is 2.06. The van der Waals surface area contributed by atoms with Crippen molar-refractivity contribution in [1.29, 1.82) is 0 Å². The maximum absolute atomic E-state index is 5.77. The van der Waals surface area contributed by atoms with Crippen molar-refractivity contribution in [3.05, 3.63) is 12.3 Å². The first kappa shape index (κ1) is 13.1. The van der Waals surface area contributed by atoms with Crippen molar-refractivity contribution in [2.75, 3.05) is 18.5 Å². The van der Waals surface area contributed by atoms with Crippen LogP contribution in [0, 0.1) is 5.92 Å². The Labute approximate surface area is 109 Å². The van der Waals surface area contributed by atoms with E-state index in [9.17, 15) is 0 Å². The van der Waals surface area contributed by atoms with Crippen LogP contribution in [-0.4, -0.2) is 23.1 Å². The Morgan fingerprint density at radius 3 is 2.94 bits per heavy atom.